The third kappa shape index (κ3) is 4.20. The molecule has 1 atom stereocenters. The maximum absolute atomic E-state index is 13.5. The number of sulfonamides is 1. The Morgan fingerprint density at radius 2 is 1.81 bits per heavy atom. The van der Waals surface area contributed by atoms with Crippen LogP contribution in [0.1, 0.15) is 66.3 Å². The second-order valence-electron chi connectivity index (χ2n) is 9.21. The Morgan fingerprint density at radius 3 is 2.50 bits per heavy atom. The van der Waals surface area contributed by atoms with E-state index < -0.39 is 10.0 Å². The minimum Gasteiger partial charge on any atom is -0.449 e. The molecule has 1 aromatic heterocycles. The quantitative estimate of drug-likeness (QED) is 0.708. The van der Waals surface area contributed by atoms with Crippen molar-refractivity contribution in [2.24, 2.45) is 0 Å². The lowest BCUT2D eigenvalue weighted by Crippen LogP contribution is -2.40. The van der Waals surface area contributed by atoms with Crippen LogP contribution in [0.15, 0.2) is 15.4 Å². The van der Waals surface area contributed by atoms with E-state index in [-0.39, 0.29) is 28.2 Å². The molecule has 1 N–H and O–H groups in total. The number of aryl methyl sites for hydroxylation is 2. The number of benzene rings is 1. The van der Waals surface area contributed by atoms with Crippen molar-refractivity contribution in [1.82, 2.24) is 14.5 Å². The van der Waals surface area contributed by atoms with Crippen molar-refractivity contribution in [2.45, 2.75) is 70.7 Å². The molecular weight excluding hydrogens is 426 g/mol. The predicted molar refractivity (Wildman–Crippen MR) is 126 cm³/mol. The highest BCUT2D eigenvalue weighted by Crippen LogP contribution is 2.35. The highest BCUT2D eigenvalue weighted by atomic mass is 32.2. The molecule has 8 heteroatoms. The standard InChI is InChI=1S/C24H35N3O4S/c1-5-26-13-9-10-19(26)15-25-32(29,30)23-17(3)16(2)14-20-18(4)21(31-22(20)23)24(28)27-11-7-6-8-12-27/h14,19,25H,5-13,15H2,1-4H3/t19-/m0/s1. The van der Waals surface area contributed by atoms with Crippen LogP contribution in [-0.4, -0.2) is 62.9 Å². The Labute approximate surface area is 191 Å². The molecule has 1 aromatic carbocycles. The van der Waals surface area contributed by atoms with Gasteiger partial charge in [0.2, 0.25) is 10.0 Å². The van der Waals surface area contributed by atoms with Crippen LogP contribution in [-0.2, 0) is 10.0 Å². The Morgan fingerprint density at radius 1 is 1.09 bits per heavy atom. The van der Waals surface area contributed by atoms with Gasteiger partial charge in [-0.25, -0.2) is 13.1 Å². The maximum Gasteiger partial charge on any atom is 0.289 e. The number of carbonyl (C=O) groups is 1. The normalized spacial score (nSPS) is 20.4. The Balaban J connectivity index is 1.71. The first-order valence-corrected chi connectivity index (χ1v) is 13.3. The number of furan rings is 1. The van der Waals surface area contributed by atoms with Gasteiger partial charge in [-0.3, -0.25) is 9.69 Å². The van der Waals surface area contributed by atoms with Crippen molar-refractivity contribution < 1.29 is 17.6 Å². The fourth-order valence-corrected chi connectivity index (χ4v) is 6.65. The molecule has 0 radical (unpaired) electrons. The van der Waals surface area contributed by atoms with Crippen LogP contribution in [0, 0.1) is 20.8 Å². The van der Waals surface area contributed by atoms with Crippen LogP contribution >= 0.6 is 0 Å². The summed E-state index contributed by atoms with van der Waals surface area (Å²) in [7, 11) is -3.81. The molecule has 0 aliphatic carbocycles. The van der Waals surface area contributed by atoms with Crippen LogP contribution in [0.4, 0.5) is 0 Å². The second kappa shape index (κ2) is 9.15. The van der Waals surface area contributed by atoms with Crippen molar-refractivity contribution in [3.8, 4) is 0 Å². The number of rotatable bonds is 6. The molecule has 0 saturated carbocycles. The van der Waals surface area contributed by atoms with Gasteiger partial charge in [0, 0.05) is 36.6 Å². The lowest BCUT2D eigenvalue weighted by Gasteiger charge is -2.25. The Kier molecular flexibility index (Phi) is 6.66. The first-order chi connectivity index (χ1) is 15.2. The van der Waals surface area contributed by atoms with E-state index >= 15 is 0 Å². The van der Waals surface area contributed by atoms with Crippen molar-refractivity contribution in [1.29, 1.82) is 0 Å². The van der Waals surface area contributed by atoms with Crippen LogP contribution in [0.3, 0.4) is 0 Å². The molecule has 0 bridgehead atoms. The largest absolute Gasteiger partial charge is 0.449 e. The lowest BCUT2D eigenvalue weighted by atomic mass is 10.0. The summed E-state index contributed by atoms with van der Waals surface area (Å²) in [6, 6.07) is 2.15. The van der Waals surface area contributed by atoms with E-state index in [1.807, 2.05) is 24.8 Å². The van der Waals surface area contributed by atoms with Gasteiger partial charge in [0.25, 0.3) is 5.91 Å². The van der Waals surface area contributed by atoms with Gasteiger partial charge in [0.15, 0.2) is 11.3 Å². The molecule has 3 heterocycles. The van der Waals surface area contributed by atoms with E-state index in [2.05, 4.69) is 16.5 Å². The van der Waals surface area contributed by atoms with Gasteiger partial charge in [-0.05, 0) is 83.2 Å². The molecule has 32 heavy (non-hydrogen) atoms. The first kappa shape index (κ1) is 23.3. The van der Waals surface area contributed by atoms with E-state index in [0.29, 0.717) is 23.1 Å². The van der Waals surface area contributed by atoms with Gasteiger partial charge in [-0.1, -0.05) is 6.92 Å². The van der Waals surface area contributed by atoms with E-state index in [1.54, 1.807) is 6.92 Å². The van der Waals surface area contributed by atoms with E-state index in [1.165, 1.54) is 0 Å². The number of hydrogen-bond acceptors (Lipinski definition) is 5. The zero-order chi connectivity index (χ0) is 23.0. The number of nitrogens with one attached hydrogen (secondary N) is 1. The van der Waals surface area contributed by atoms with Crippen LogP contribution in [0.2, 0.25) is 0 Å². The molecule has 2 aliphatic rings. The summed E-state index contributed by atoms with van der Waals surface area (Å²) in [5.74, 6) is 0.117. The zero-order valence-electron chi connectivity index (χ0n) is 19.7. The number of carbonyl (C=O) groups excluding carboxylic acids is 1. The maximum atomic E-state index is 13.5. The van der Waals surface area contributed by atoms with Crippen LogP contribution in [0.25, 0.3) is 11.0 Å². The minimum atomic E-state index is -3.81. The molecule has 2 aromatic rings. The van der Waals surface area contributed by atoms with Gasteiger partial charge in [-0.15, -0.1) is 0 Å². The number of amides is 1. The summed E-state index contributed by atoms with van der Waals surface area (Å²) >= 11 is 0. The van der Waals surface area contributed by atoms with E-state index in [9.17, 15) is 13.2 Å². The van der Waals surface area contributed by atoms with Crippen molar-refractivity contribution in [2.75, 3.05) is 32.7 Å². The minimum absolute atomic E-state index is 0.144. The smallest absolute Gasteiger partial charge is 0.289 e. The molecular formula is C24H35N3O4S. The molecule has 2 fully saturated rings. The molecule has 7 nitrogen and oxygen atoms in total. The third-order valence-electron chi connectivity index (χ3n) is 7.21. The summed E-state index contributed by atoms with van der Waals surface area (Å²) in [5.41, 5.74) is 2.53. The monoisotopic (exact) mass is 461 g/mol. The second-order valence-corrected chi connectivity index (χ2v) is 10.9. The van der Waals surface area contributed by atoms with Gasteiger partial charge >= 0.3 is 0 Å². The Bertz CT molecular complexity index is 1120. The summed E-state index contributed by atoms with van der Waals surface area (Å²) in [5, 5.41) is 0.699. The molecule has 176 valence electrons. The summed E-state index contributed by atoms with van der Waals surface area (Å²) in [6.07, 6.45) is 5.19. The summed E-state index contributed by atoms with van der Waals surface area (Å²) in [4.78, 5) is 17.4. The topological polar surface area (TPSA) is 82.9 Å². The predicted octanol–water partition coefficient (Wildman–Crippen LogP) is 3.75. The number of hydrogen-bond donors (Lipinski definition) is 1. The third-order valence-corrected chi connectivity index (χ3v) is 8.79. The van der Waals surface area contributed by atoms with Gasteiger partial charge in [0.05, 0.1) is 0 Å². The number of likely N-dealkylation sites (N-methyl/N-ethyl adjacent to an activating group) is 1. The van der Waals surface area contributed by atoms with Crippen LogP contribution < -0.4 is 4.72 Å². The zero-order valence-corrected chi connectivity index (χ0v) is 20.5. The van der Waals surface area contributed by atoms with Crippen LogP contribution in [0.5, 0.6) is 0 Å². The fraction of sp³-hybridized carbons (Fsp3) is 0.625. The SMILES string of the molecule is CCN1CCC[C@H]1CNS(=O)(=O)c1c(C)c(C)cc2c(C)c(C(=O)N3CCCCC3)oc12. The highest BCUT2D eigenvalue weighted by Gasteiger charge is 2.31. The Hall–Kier alpha value is -1.90. The average molecular weight is 462 g/mol. The summed E-state index contributed by atoms with van der Waals surface area (Å²) < 4.78 is 35.9. The lowest BCUT2D eigenvalue weighted by molar-refractivity contribution is 0.0693. The number of fused-ring (bicyclic) bond motifs is 1. The van der Waals surface area contributed by atoms with Gasteiger partial charge in [0.1, 0.15) is 4.90 Å². The molecule has 2 aliphatic heterocycles. The van der Waals surface area contributed by atoms with Crippen molar-refractivity contribution in [3.63, 3.8) is 0 Å². The van der Waals surface area contributed by atoms with Gasteiger partial charge in [-0.2, -0.15) is 0 Å². The highest BCUT2D eigenvalue weighted by molar-refractivity contribution is 7.89. The molecule has 0 unspecified atom stereocenters. The van der Waals surface area contributed by atoms with Gasteiger partial charge < -0.3 is 9.32 Å². The van der Waals surface area contributed by atoms with Crippen molar-refractivity contribution >= 4 is 26.9 Å². The molecule has 1 amide bonds. The molecule has 2 saturated heterocycles. The first-order valence-electron chi connectivity index (χ1n) is 11.8. The van der Waals surface area contributed by atoms with E-state index in [4.69, 9.17) is 4.42 Å². The average Bonchev–Trinajstić information content (AvgIpc) is 3.37. The number of nitrogens with zero attached hydrogens (tertiary/aromatic N) is 2. The molecule has 4 rings (SSSR count). The van der Waals surface area contributed by atoms with E-state index in [0.717, 1.165) is 63.8 Å². The fourth-order valence-electron chi connectivity index (χ4n) is 5.13. The van der Waals surface area contributed by atoms with Crippen molar-refractivity contribution in [3.05, 3.63) is 28.5 Å². The number of likely N-dealkylation sites (tertiary alicyclic amines) is 2. The summed E-state index contributed by atoms with van der Waals surface area (Å²) in [6.45, 7) is 11.4. The molecule has 0 spiro atoms. The number of piperidine rings is 1.